The average Bonchev–Trinajstić information content (AvgIpc) is 2.18. The summed E-state index contributed by atoms with van der Waals surface area (Å²) >= 11 is 0. The first kappa shape index (κ1) is 14.4. The number of imide groups is 1. The second-order valence-electron chi connectivity index (χ2n) is 6.88. The molecule has 2 aliphatic rings. The molecule has 1 aliphatic carbocycles. The Hall–Kier alpha value is -1.06. The van der Waals surface area contributed by atoms with Crippen molar-refractivity contribution >= 4 is 12.0 Å². The summed E-state index contributed by atoms with van der Waals surface area (Å²) in [5.74, 6) is -0.0742. The minimum atomic E-state index is -0.546. The van der Waals surface area contributed by atoms with Gasteiger partial charge in [-0.2, -0.15) is 0 Å². The van der Waals surface area contributed by atoms with Gasteiger partial charge in [-0.15, -0.1) is 0 Å². The summed E-state index contributed by atoms with van der Waals surface area (Å²) in [6, 6.07) is 0. The number of likely N-dealkylation sites (tertiary alicyclic amines) is 1. The van der Waals surface area contributed by atoms with Crippen molar-refractivity contribution in [3.8, 4) is 0 Å². The zero-order valence-corrected chi connectivity index (χ0v) is 12.3. The molecule has 2 fully saturated rings. The van der Waals surface area contributed by atoms with Crippen molar-refractivity contribution < 1.29 is 14.3 Å². The van der Waals surface area contributed by atoms with E-state index in [0.717, 1.165) is 25.7 Å². The smallest absolute Gasteiger partial charge is 0.417 e. The van der Waals surface area contributed by atoms with Crippen LogP contribution in [0.3, 0.4) is 0 Å². The van der Waals surface area contributed by atoms with E-state index in [4.69, 9.17) is 4.74 Å². The van der Waals surface area contributed by atoms with Crippen molar-refractivity contribution in [2.24, 2.45) is 0 Å². The monoisotopic (exact) mass is 267 g/mol. The van der Waals surface area contributed by atoms with Gasteiger partial charge in [0, 0.05) is 0 Å². The van der Waals surface area contributed by atoms with Crippen LogP contribution in [0.25, 0.3) is 0 Å². The van der Waals surface area contributed by atoms with Crippen LogP contribution in [-0.4, -0.2) is 28.0 Å². The molecule has 1 heterocycles. The molecule has 1 saturated heterocycles. The van der Waals surface area contributed by atoms with Crippen molar-refractivity contribution in [3.05, 3.63) is 0 Å². The van der Waals surface area contributed by atoms with E-state index >= 15 is 0 Å². The van der Waals surface area contributed by atoms with E-state index in [9.17, 15) is 9.59 Å². The Balaban J connectivity index is 2.08. The fourth-order valence-corrected chi connectivity index (χ4v) is 3.18. The van der Waals surface area contributed by atoms with Gasteiger partial charge >= 0.3 is 6.09 Å². The van der Waals surface area contributed by atoms with Gasteiger partial charge in [-0.25, -0.2) is 9.69 Å². The Kier molecular flexibility index (Phi) is 3.88. The Morgan fingerprint density at radius 1 is 1.11 bits per heavy atom. The molecule has 2 amide bonds. The lowest BCUT2D eigenvalue weighted by Crippen LogP contribution is -2.66. The lowest BCUT2D eigenvalue weighted by Gasteiger charge is -2.51. The van der Waals surface area contributed by atoms with Crippen LogP contribution in [0, 0.1) is 0 Å². The molecule has 4 nitrogen and oxygen atoms in total. The van der Waals surface area contributed by atoms with Crippen molar-refractivity contribution in [1.29, 1.82) is 0 Å². The van der Waals surface area contributed by atoms with Crippen LogP contribution < -0.4 is 0 Å². The minimum Gasteiger partial charge on any atom is -0.443 e. The zero-order chi connectivity index (χ0) is 14.1. The molecule has 0 aromatic heterocycles. The van der Waals surface area contributed by atoms with Gasteiger partial charge in [-0.05, 0) is 33.6 Å². The van der Waals surface area contributed by atoms with Gasteiger partial charge in [0.2, 0.25) is 5.91 Å². The molecular weight excluding hydrogens is 242 g/mol. The van der Waals surface area contributed by atoms with Gasteiger partial charge in [-0.3, -0.25) is 4.79 Å². The molecule has 0 unspecified atom stereocenters. The number of carbonyl (C=O) groups excluding carboxylic acids is 2. The number of carbonyl (C=O) groups is 2. The molecule has 0 bridgehead atoms. The fourth-order valence-electron chi connectivity index (χ4n) is 3.18. The molecule has 0 aromatic carbocycles. The second kappa shape index (κ2) is 5.14. The van der Waals surface area contributed by atoms with Crippen LogP contribution in [0.4, 0.5) is 4.79 Å². The number of nitrogens with zero attached hydrogens (tertiary/aromatic N) is 1. The van der Waals surface area contributed by atoms with Crippen LogP contribution >= 0.6 is 0 Å². The number of hydrogen-bond donors (Lipinski definition) is 0. The summed E-state index contributed by atoms with van der Waals surface area (Å²) in [5.41, 5.74) is -0.782. The second-order valence-corrected chi connectivity index (χ2v) is 6.88. The van der Waals surface area contributed by atoms with Crippen LogP contribution in [0.5, 0.6) is 0 Å². The quantitative estimate of drug-likeness (QED) is 0.629. The molecule has 108 valence electrons. The van der Waals surface area contributed by atoms with Crippen LogP contribution in [0.2, 0.25) is 0 Å². The first-order chi connectivity index (χ1) is 8.84. The molecule has 0 radical (unpaired) electrons. The highest BCUT2D eigenvalue weighted by Gasteiger charge is 2.54. The number of amides is 2. The van der Waals surface area contributed by atoms with Crippen molar-refractivity contribution in [1.82, 2.24) is 4.90 Å². The van der Waals surface area contributed by atoms with E-state index in [-0.39, 0.29) is 11.4 Å². The van der Waals surface area contributed by atoms with Crippen molar-refractivity contribution in [2.75, 3.05) is 0 Å². The third kappa shape index (κ3) is 3.10. The predicted octanol–water partition coefficient (Wildman–Crippen LogP) is 3.64. The Labute approximate surface area is 115 Å². The van der Waals surface area contributed by atoms with Crippen molar-refractivity contribution in [3.63, 3.8) is 0 Å². The highest BCUT2D eigenvalue weighted by atomic mass is 16.6. The predicted molar refractivity (Wildman–Crippen MR) is 72.7 cm³/mol. The summed E-state index contributed by atoms with van der Waals surface area (Å²) in [6.45, 7) is 5.50. The van der Waals surface area contributed by atoms with E-state index in [2.05, 4.69) is 0 Å². The Morgan fingerprint density at radius 3 is 2.11 bits per heavy atom. The maximum absolute atomic E-state index is 12.2. The molecule has 0 N–H and O–H groups in total. The van der Waals surface area contributed by atoms with Gasteiger partial charge in [0.1, 0.15) is 5.60 Å². The lowest BCUT2D eigenvalue weighted by atomic mass is 9.74. The molecule has 19 heavy (non-hydrogen) atoms. The number of hydrogen-bond acceptors (Lipinski definition) is 3. The summed E-state index contributed by atoms with van der Waals surface area (Å²) in [7, 11) is 0. The first-order valence-electron chi connectivity index (χ1n) is 7.40. The summed E-state index contributed by atoms with van der Waals surface area (Å²) in [5, 5.41) is 0. The lowest BCUT2D eigenvalue weighted by molar-refractivity contribution is -0.156. The highest BCUT2D eigenvalue weighted by Crippen LogP contribution is 2.43. The maximum atomic E-state index is 12.2. The summed E-state index contributed by atoms with van der Waals surface area (Å²) in [6.07, 6.45) is 7.85. The fraction of sp³-hybridized carbons (Fsp3) is 0.867. The normalized spacial score (nSPS) is 23.5. The third-order valence-electron chi connectivity index (χ3n) is 4.06. The SMILES string of the molecule is CC(C)(C)OC(=O)N1C(=O)CC12CCCCCCC2. The third-order valence-corrected chi connectivity index (χ3v) is 4.06. The molecule has 1 spiro atoms. The Bertz CT molecular complexity index is 362. The van der Waals surface area contributed by atoms with Gasteiger partial charge < -0.3 is 4.74 Å². The molecule has 2 rings (SSSR count). The topological polar surface area (TPSA) is 46.6 Å². The van der Waals surface area contributed by atoms with Crippen molar-refractivity contribution in [2.45, 2.75) is 83.3 Å². The average molecular weight is 267 g/mol. The molecule has 1 saturated carbocycles. The number of ether oxygens (including phenoxy) is 1. The van der Waals surface area contributed by atoms with E-state index < -0.39 is 11.7 Å². The maximum Gasteiger partial charge on any atom is 0.417 e. The summed E-state index contributed by atoms with van der Waals surface area (Å²) in [4.78, 5) is 25.5. The van der Waals surface area contributed by atoms with Gasteiger partial charge in [0.25, 0.3) is 0 Å². The van der Waals surface area contributed by atoms with E-state index in [1.54, 1.807) is 0 Å². The summed E-state index contributed by atoms with van der Waals surface area (Å²) < 4.78 is 5.38. The number of rotatable bonds is 0. The highest BCUT2D eigenvalue weighted by molar-refractivity contribution is 5.99. The molecule has 0 aromatic rings. The minimum absolute atomic E-state index is 0.0742. The van der Waals surface area contributed by atoms with Gasteiger partial charge in [0.15, 0.2) is 0 Å². The van der Waals surface area contributed by atoms with Crippen LogP contribution in [0.1, 0.15) is 72.1 Å². The number of β-lactam (4-membered cyclic amide) rings is 1. The standard InChI is InChI=1S/C15H25NO3/c1-14(2,3)19-13(18)16-12(17)11-15(16)9-7-5-4-6-8-10-15/h4-11H2,1-3H3. The van der Waals surface area contributed by atoms with E-state index in [1.165, 1.54) is 24.2 Å². The molecule has 1 aliphatic heterocycles. The van der Waals surface area contributed by atoms with Crippen LogP contribution in [-0.2, 0) is 9.53 Å². The van der Waals surface area contributed by atoms with Gasteiger partial charge in [-0.1, -0.05) is 32.1 Å². The van der Waals surface area contributed by atoms with E-state index in [0.29, 0.717) is 6.42 Å². The molecule has 4 heteroatoms. The largest absolute Gasteiger partial charge is 0.443 e. The molecule has 0 atom stereocenters. The van der Waals surface area contributed by atoms with E-state index in [1.807, 2.05) is 20.8 Å². The molecular formula is C15H25NO3. The Morgan fingerprint density at radius 2 is 1.63 bits per heavy atom. The first-order valence-corrected chi connectivity index (χ1v) is 7.40. The van der Waals surface area contributed by atoms with Gasteiger partial charge in [0.05, 0.1) is 12.0 Å². The van der Waals surface area contributed by atoms with Crippen LogP contribution in [0.15, 0.2) is 0 Å². The zero-order valence-electron chi connectivity index (χ0n) is 12.3.